The Balaban J connectivity index is 1.09. The van der Waals surface area contributed by atoms with Crippen molar-refractivity contribution in [2.24, 2.45) is 0 Å². The van der Waals surface area contributed by atoms with E-state index in [-0.39, 0.29) is 23.8 Å². The number of aromatic nitrogens is 1. The van der Waals surface area contributed by atoms with Gasteiger partial charge in [0.25, 0.3) is 5.56 Å². The van der Waals surface area contributed by atoms with Crippen molar-refractivity contribution in [1.82, 2.24) is 9.88 Å². The Morgan fingerprint density at radius 1 is 1.03 bits per heavy atom. The number of hydrogen-bond donors (Lipinski definition) is 2. The number of carbonyl (C=O) groups is 2. The number of benzene rings is 2. The molecule has 3 aliphatic rings. The molecule has 9 nitrogen and oxygen atoms in total. The number of halogens is 1. The number of nitrogens with one attached hydrogen (secondary N) is 2. The van der Waals surface area contributed by atoms with Gasteiger partial charge in [0.05, 0.1) is 30.0 Å². The summed E-state index contributed by atoms with van der Waals surface area (Å²) in [5.74, 6) is -0.133. The summed E-state index contributed by atoms with van der Waals surface area (Å²) in [5.41, 5.74) is 1.59. The van der Waals surface area contributed by atoms with E-state index in [1.807, 2.05) is 12.1 Å². The van der Waals surface area contributed by atoms with Crippen molar-refractivity contribution >= 4 is 46.0 Å². The van der Waals surface area contributed by atoms with Gasteiger partial charge in [0, 0.05) is 35.1 Å². The predicted octanol–water partition coefficient (Wildman–Crippen LogP) is 2.56. The van der Waals surface area contributed by atoms with Crippen molar-refractivity contribution in [3.8, 4) is 5.75 Å². The Labute approximate surface area is 203 Å². The van der Waals surface area contributed by atoms with Crippen LogP contribution in [0.25, 0.3) is 10.9 Å². The molecule has 2 N–H and O–H groups in total. The zero-order valence-corrected chi connectivity index (χ0v) is 19.3. The van der Waals surface area contributed by atoms with E-state index in [0.717, 1.165) is 10.3 Å². The lowest BCUT2D eigenvalue weighted by Crippen LogP contribution is -2.43. The summed E-state index contributed by atoms with van der Waals surface area (Å²) in [5, 5.41) is 6.79. The number of amides is 2. The van der Waals surface area contributed by atoms with Crippen LogP contribution in [0.5, 0.6) is 5.75 Å². The van der Waals surface area contributed by atoms with Crippen LogP contribution in [0.4, 0.5) is 20.6 Å². The molecule has 1 aromatic heterocycles. The molecule has 0 saturated carbocycles. The quantitative estimate of drug-likeness (QED) is 0.560. The van der Waals surface area contributed by atoms with E-state index in [4.69, 9.17) is 9.47 Å². The van der Waals surface area contributed by atoms with Gasteiger partial charge >= 0.3 is 6.09 Å². The van der Waals surface area contributed by atoms with E-state index in [2.05, 4.69) is 10.6 Å². The summed E-state index contributed by atoms with van der Waals surface area (Å²) < 4.78 is 27.3. The molecule has 0 unspecified atom stereocenters. The number of nitrogens with zero attached hydrogens (tertiary/aromatic N) is 2. The Morgan fingerprint density at radius 3 is 2.69 bits per heavy atom. The monoisotopic (exact) mass is 496 g/mol. The average molecular weight is 497 g/mol. The number of rotatable bonds is 5. The summed E-state index contributed by atoms with van der Waals surface area (Å²) in [4.78, 5) is 39.0. The largest absolute Gasteiger partial charge is 0.482 e. The van der Waals surface area contributed by atoms with Crippen molar-refractivity contribution in [2.75, 3.05) is 35.6 Å². The third-order valence-corrected chi connectivity index (χ3v) is 7.33. The summed E-state index contributed by atoms with van der Waals surface area (Å²) in [6.07, 6.45) is -1.33. The maximum Gasteiger partial charge on any atom is 0.414 e. The maximum absolute atomic E-state index is 14.4. The third-order valence-electron chi connectivity index (χ3n) is 6.25. The predicted molar refractivity (Wildman–Crippen MR) is 129 cm³/mol. The van der Waals surface area contributed by atoms with Gasteiger partial charge in [-0.1, -0.05) is 0 Å². The Kier molecular flexibility index (Phi) is 5.37. The van der Waals surface area contributed by atoms with Crippen LogP contribution in [-0.4, -0.2) is 54.2 Å². The lowest BCUT2D eigenvalue weighted by Gasteiger charge is -2.28. The normalized spacial score (nSPS) is 20.9. The van der Waals surface area contributed by atoms with Gasteiger partial charge in [-0.2, -0.15) is 0 Å². The highest BCUT2D eigenvalue weighted by atomic mass is 32.2. The smallest absolute Gasteiger partial charge is 0.414 e. The summed E-state index contributed by atoms with van der Waals surface area (Å²) in [6, 6.07) is 11.6. The van der Waals surface area contributed by atoms with Gasteiger partial charge in [-0.25, -0.2) is 9.18 Å². The Bertz CT molecular complexity index is 1430. The SMILES string of the molecule is O=C1CSc2ccc(N3C[C@@H](CNC[C@H]4Cn5c(=O)ccc6ccc(F)c(c65)O4)OC3=O)cc2N1. The maximum atomic E-state index is 14.4. The highest BCUT2D eigenvalue weighted by molar-refractivity contribution is 8.00. The minimum absolute atomic E-state index is 0.0725. The fourth-order valence-electron chi connectivity index (χ4n) is 4.63. The highest BCUT2D eigenvalue weighted by Gasteiger charge is 2.33. The number of anilines is 2. The molecule has 1 saturated heterocycles. The molecule has 0 spiro atoms. The van der Waals surface area contributed by atoms with Crippen molar-refractivity contribution in [3.63, 3.8) is 0 Å². The molecular weight excluding hydrogens is 475 g/mol. The van der Waals surface area contributed by atoms with Gasteiger partial charge in [0.1, 0.15) is 12.2 Å². The molecule has 35 heavy (non-hydrogen) atoms. The van der Waals surface area contributed by atoms with Crippen LogP contribution in [0.1, 0.15) is 0 Å². The molecule has 1 fully saturated rings. The van der Waals surface area contributed by atoms with E-state index in [1.165, 1.54) is 33.4 Å². The lowest BCUT2D eigenvalue weighted by atomic mass is 10.1. The second kappa shape index (κ2) is 8.58. The van der Waals surface area contributed by atoms with Crippen molar-refractivity contribution in [3.05, 3.63) is 58.6 Å². The van der Waals surface area contributed by atoms with Crippen LogP contribution in [-0.2, 0) is 16.1 Å². The topological polar surface area (TPSA) is 102 Å². The zero-order chi connectivity index (χ0) is 24.1. The molecule has 3 aromatic rings. The first kappa shape index (κ1) is 21.9. The lowest BCUT2D eigenvalue weighted by molar-refractivity contribution is -0.113. The van der Waals surface area contributed by atoms with Gasteiger partial charge in [0.15, 0.2) is 11.6 Å². The molecule has 2 amide bonds. The minimum Gasteiger partial charge on any atom is -0.482 e. The second-order valence-corrected chi connectivity index (χ2v) is 9.65. The highest BCUT2D eigenvalue weighted by Crippen LogP contribution is 2.35. The van der Waals surface area contributed by atoms with Crippen LogP contribution in [0, 0.1) is 5.82 Å². The fraction of sp³-hybridized carbons (Fsp3) is 0.292. The van der Waals surface area contributed by atoms with Gasteiger partial charge in [-0.15, -0.1) is 11.8 Å². The number of fused-ring (bicyclic) bond motifs is 1. The number of ether oxygens (including phenoxy) is 2. The van der Waals surface area contributed by atoms with Crippen molar-refractivity contribution < 1.29 is 23.5 Å². The van der Waals surface area contributed by atoms with E-state index in [0.29, 0.717) is 42.3 Å². The molecule has 2 aromatic carbocycles. The molecule has 0 bridgehead atoms. The summed E-state index contributed by atoms with van der Waals surface area (Å²) in [7, 11) is 0. The second-order valence-electron chi connectivity index (χ2n) is 8.63. The molecule has 180 valence electrons. The number of hydrogen-bond acceptors (Lipinski definition) is 7. The molecule has 4 heterocycles. The first-order chi connectivity index (χ1) is 17.0. The van der Waals surface area contributed by atoms with Crippen LogP contribution >= 0.6 is 11.8 Å². The average Bonchev–Trinajstić information content (AvgIpc) is 3.22. The third kappa shape index (κ3) is 4.00. The molecule has 0 aliphatic carbocycles. The molecular formula is C24H21FN4O5S. The van der Waals surface area contributed by atoms with Crippen molar-refractivity contribution in [1.29, 1.82) is 0 Å². The first-order valence-corrected chi connectivity index (χ1v) is 12.2. The molecule has 2 atom stereocenters. The van der Waals surface area contributed by atoms with Gasteiger partial charge in [-0.3, -0.25) is 14.5 Å². The van der Waals surface area contributed by atoms with Gasteiger partial charge < -0.3 is 24.7 Å². The molecule has 3 aliphatic heterocycles. The minimum atomic E-state index is -0.512. The Hall–Kier alpha value is -3.57. The van der Waals surface area contributed by atoms with E-state index < -0.39 is 24.1 Å². The Morgan fingerprint density at radius 2 is 1.83 bits per heavy atom. The molecule has 6 rings (SSSR count). The van der Waals surface area contributed by atoms with E-state index in [9.17, 15) is 18.8 Å². The number of cyclic esters (lactones) is 1. The van der Waals surface area contributed by atoms with Crippen molar-refractivity contribution in [2.45, 2.75) is 23.6 Å². The number of pyridine rings is 1. The molecule has 0 radical (unpaired) electrons. The number of thioether (sulfide) groups is 1. The molecule has 11 heteroatoms. The van der Waals surface area contributed by atoms with Gasteiger partial charge in [-0.05, 0) is 36.4 Å². The zero-order valence-electron chi connectivity index (χ0n) is 18.5. The van der Waals surface area contributed by atoms with Gasteiger partial charge in [0.2, 0.25) is 5.91 Å². The van der Waals surface area contributed by atoms with E-state index >= 15 is 0 Å². The standard InChI is InChI=1S/C24H21FN4O5S/c25-17-4-1-13-2-6-21(31)29-11-15(33-23(17)22(13)29)8-26-9-16-10-28(24(32)34-16)14-3-5-19-18(7-14)27-20(30)12-35-19/h1-7,15-16,26H,8-12H2,(H,27,30)/t15-,16+/m0/s1. The van der Waals surface area contributed by atoms with E-state index in [1.54, 1.807) is 18.2 Å². The van der Waals surface area contributed by atoms with Crippen LogP contribution in [0.2, 0.25) is 0 Å². The van der Waals surface area contributed by atoms with Crippen LogP contribution < -0.4 is 25.8 Å². The fourth-order valence-corrected chi connectivity index (χ4v) is 5.41. The summed E-state index contributed by atoms with van der Waals surface area (Å²) >= 11 is 1.46. The summed E-state index contributed by atoms with van der Waals surface area (Å²) in [6.45, 7) is 1.33. The first-order valence-electron chi connectivity index (χ1n) is 11.2. The number of carbonyl (C=O) groups excluding carboxylic acids is 2. The van der Waals surface area contributed by atoms with Crippen LogP contribution in [0.15, 0.2) is 52.2 Å². The van der Waals surface area contributed by atoms with Crippen LogP contribution in [0.3, 0.4) is 0 Å².